The van der Waals surface area contributed by atoms with E-state index in [0.717, 1.165) is 18.5 Å². The SMILES string of the molecule is CC(C)n1cncc1COC1CCC(=O)CC1. The largest absolute Gasteiger partial charge is 0.372 e. The lowest BCUT2D eigenvalue weighted by atomic mass is 9.96. The first-order valence-electron chi connectivity index (χ1n) is 6.31. The molecule has 1 fully saturated rings. The zero-order valence-electron chi connectivity index (χ0n) is 10.6. The van der Waals surface area contributed by atoms with Crippen molar-refractivity contribution >= 4 is 5.78 Å². The maximum atomic E-state index is 11.1. The molecule has 17 heavy (non-hydrogen) atoms. The number of Topliss-reactive ketones (excluding diaryl/α,β-unsaturated/α-hetero) is 1. The highest BCUT2D eigenvalue weighted by atomic mass is 16.5. The predicted molar refractivity (Wildman–Crippen MR) is 64.7 cm³/mol. The van der Waals surface area contributed by atoms with Gasteiger partial charge in [0.1, 0.15) is 5.78 Å². The van der Waals surface area contributed by atoms with Crippen molar-refractivity contribution in [1.82, 2.24) is 9.55 Å². The summed E-state index contributed by atoms with van der Waals surface area (Å²) in [6.45, 7) is 4.85. The second-order valence-electron chi connectivity index (χ2n) is 4.94. The van der Waals surface area contributed by atoms with Crippen LogP contribution in [0.4, 0.5) is 0 Å². The molecule has 0 radical (unpaired) electrons. The Morgan fingerprint density at radius 3 is 2.82 bits per heavy atom. The Morgan fingerprint density at radius 1 is 1.47 bits per heavy atom. The molecule has 1 aliphatic carbocycles. The Labute approximate surface area is 102 Å². The summed E-state index contributed by atoms with van der Waals surface area (Å²) in [5, 5.41) is 0. The average Bonchev–Trinajstić information content (AvgIpc) is 2.76. The zero-order chi connectivity index (χ0) is 12.3. The second-order valence-corrected chi connectivity index (χ2v) is 4.94. The summed E-state index contributed by atoms with van der Waals surface area (Å²) < 4.78 is 7.97. The van der Waals surface area contributed by atoms with E-state index >= 15 is 0 Å². The number of imidazole rings is 1. The lowest BCUT2D eigenvalue weighted by Gasteiger charge is -2.22. The second kappa shape index (κ2) is 5.45. The van der Waals surface area contributed by atoms with E-state index in [4.69, 9.17) is 4.74 Å². The fourth-order valence-electron chi connectivity index (χ4n) is 2.19. The van der Waals surface area contributed by atoms with Crippen LogP contribution in [0.3, 0.4) is 0 Å². The van der Waals surface area contributed by atoms with Gasteiger partial charge in [-0.2, -0.15) is 0 Å². The third kappa shape index (κ3) is 3.16. The number of rotatable bonds is 4. The number of aromatic nitrogens is 2. The smallest absolute Gasteiger partial charge is 0.133 e. The Kier molecular flexibility index (Phi) is 3.94. The highest BCUT2D eigenvalue weighted by Gasteiger charge is 2.19. The summed E-state index contributed by atoms with van der Waals surface area (Å²) in [7, 11) is 0. The fourth-order valence-corrected chi connectivity index (χ4v) is 2.19. The fraction of sp³-hybridized carbons (Fsp3) is 0.692. The molecule has 4 nitrogen and oxygen atoms in total. The van der Waals surface area contributed by atoms with E-state index in [9.17, 15) is 4.79 Å². The lowest BCUT2D eigenvalue weighted by molar-refractivity contribution is -0.123. The monoisotopic (exact) mass is 236 g/mol. The van der Waals surface area contributed by atoms with Crippen LogP contribution in [0.25, 0.3) is 0 Å². The summed E-state index contributed by atoms with van der Waals surface area (Å²) in [6.07, 6.45) is 7.02. The molecule has 1 aromatic heterocycles. The van der Waals surface area contributed by atoms with Crippen LogP contribution < -0.4 is 0 Å². The Morgan fingerprint density at radius 2 is 2.18 bits per heavy atom. The molecular formula is C13H20N2O2. The van der Waals surface area contributed by atoms with E-state index in [1.54, 1.807) is 0 Å². The van der Waals surface area contributed by atoms with Crippen LogP contribution in [0.5, 0.6) is 0 Å². The van der Waals surface area contributed by atoms with Crippen molar-refractivity contribution in [2.45, 2.75) is 58.3 Å². The Balaban J connectivity index is 1.85. The van der Waals surface area contributed by atoms with Crippen molar-refractivity contribution in [2.24, 2.45) is 0 Å². The molecule has 0 aliphatic heterocycles. The number of nitrogens with zero attached hydrogens (tertiary/aromatic N) is 2. The first-order valence-corrected chi connectivity index (χ1v) is 6.31. The van der Waals surface area contributed by atoms with E-state index in [1.165, 1.54) is 0 Å². The van der Waals surface area contributed by atoms with Crippen LogP contribution in [-0.2, 0) is 16.1 Å². The summed E-state index contributed by atoms with van der Waals surface area (Å²) in [6, 6.07) is 0.407. The predicted octanol–water partition coefficient (Wildman–Crippen LogP) is 2.49. The van der Waals surface area contributed by atoms with Gasteiger partial charge in [-0.05, 0) is 26.7 Å². The molecular weight excluding hydrogens is 216 g/mol. The minimum Gasteiger partial charge on any atom is -0.372 e. The Bertz CT molecular complexity index is 375. The van der Waals surface area contributed by atoms with Gasteiger partial charge in [-0.15, -0.1) is 0 Å². The van der Waals surface area contributed by atoms with Crippen molar-refractivity contribution in [3.63, 3.8) is 0 Å². The maximum Gasteiger partial charge on any atom is 0.133 e. The van der Waals surface area contributed by atoms with Gasteiger partial charge >= 0.3 is 0 Å². The van der Waals surface area contributed by atoms with E-state index in [1.807, 2.05) is 12.5 Å². The van der Waals surface area contributed by atoms with Gasteiger partial charge in [0.25, 0.3) is 0 Å². The van der Waals surface area contributed by atoms with Crippen molar-refractivity contribution in [3.05, 3.63) is 18.2 Å². The quantitative estimate of drug-likeness (QED) is 0.806. The molecule has 0 spiro atoms. The highest BCUT2D eigenvalue weighted by Crippen LogP contribution is 2.20. The molecule has 2 rings (SSSR count). The minimum atomic E-state index is 0.239. The first kappa shape index (κ1) is 12.3. The van der Waals surface area contributed by atoms with Gasteiger partial charge < -0.3 is 9.30 Å². The average molecular weight is 236 g/mol. The molecule has 0 atom stereocenters. The van der Waals surface area contributed by atoms with Crippen LogP contribution in [0.15, 0.2) is 12.5 Å². The molecule has 94 valence electrons. The molecule has 1 aliphatic rings. The number of hydrogen-bond acceptors (Lipinski definition) is 3. The van der Waals surface area contributed by atoms with Crippen LogP contribution in [-0.4, -0.2) is 21.4 Å². The van der Waals surface area contributed by atoms with Gasteiger partial charge in [0.05, 0.1) is 30.9 Å². The van der Waals surface area contributed by atoms with Crippen molar-refractivity contribution < 1.29 is 9.53 Å². The zero-order valence-corrected chi connectivity index (χ0v) is 10.6. The summed E-state index contributed by atoms with van der Waals surface area (Å²) >= 11 is 0. The normalized spacial score (nSPS) is 17.9. The number of carbonyl (C=O) groups excluding carboxylic acids is 1. The van der Waals surface area contributed by atoms with Gasteiger partial charge in [0, 0.05) is 18.9 Å². The number of ketones is 1. The highest BCUT2D eigenvalue weighted by molar-refractivity contribution is 5.79. The van der Waals surface area contributed by atoms with Crippen molar-refractivity contribution in [3.8, 4) is 0 Å². The molecule has 0 amide bonds. The summed E-state index contributed by atoms with van der Waals surface area (Å²) in [5.74, 6) is 0.372. The third-order valence-electron chi connectivity index (χ3n) is 3.26. The third-order valence-corrected chi connectivity index (χ3v) is 3.26. The van der Waals surface area contributed by atoms with E-state index < -0.39 is 0 Å². The van der Waals surface area contributed by atoms with Crippen LogP contribution in [0.1, 0.15) is 51.3 Å². The van der Waals surface area contributed by atoms with Crippen molar-refractivity contribution in [2.75, 3.05) is 0 Å². The Hall–Kier alpha value is -1.16. The topological polar surface area (TPSA) is 44.1 Å². The minimum absolute atomic E-state index is 0.239. The molecule has 0 aromatic carbocycles. The van der Waals surface area contributed by atoms with Gasteiger partial charge in [0.15, 0.2) is 0 Å². The van der Waals surface area contributed by atoms with E-state index in [-0.39, 0.29) is 6.10 Å². The van der Waals surface area contributed by atoms with E-state index in [0.29, 0.717) is 31.3 Å². The van der Waals surface area contributed by atoms with Gasteiger partial charge in [0.2, 0.25) is 0 Å². The molecule has 0 saturated heterocycles. The van der Waals surface area contributed by atoms with Gasteiger partial charge in [-0.25, -0.2) is 4.98 Å². The molecule has 1 heterocycles. The standard InChI is InChI=1S/C13H20N2O2/c1-10(2)15-9-14-7-11(15)8-17-13-5-3-12(16)4-6-13/h7,9-10,13H,3-6,8H2,1-2H3. The number of hydrogen-bond donors (Lipinski definition) is 0. The molecule has 4 heteroatoms. The number of ether oxygens (including phenoxy) is 1. The maximum absolute atomic E-state index is 11.1. The molecule has 1 aromatic rings. The van der Waals surface area contributed by atoms with Crippen LogP contribution in [0.2, 0.25) is 0 Å². The van der Waals surface area contributed by atoms with Gasteiger partial charge in [-0.1, -0.05) is 0 Å². The van der Waals surface area contributed by atoms with Gasteiger partial charge in [-0.3, -0.25) is 4.79 Å². The van der Waals surface area contributed by atoms with Crippen LogP contribution in [0, 0.1) is 0 Å². The summed E-state index contributed by atoms with van der Waals surface area (Å²) in [5.41, 5.74) is 1.11. The van der Waals surface area contributed by atoms with Crippen molar-refractivity contribution in [1.29, 1.82) is 0 Å². The molecule has 0 N–H and O–H groups in total. The molecule has 0 unspecified atom stereocenters. The molecule has 0 bridgehead atoms. The van der Waals surface area contributed by atoms with E-state index in [2.05, 4.69) is 23.4 Å². The molecule has 1 saturated carbocycles. The van der Waals surface area contributed by atoms with Crippen LogP contribution >= 0.6 is 0 Å². The number of carbonyl (C=O) groups is 1. The summed E-state index contributed by atoms with van der Waals surface area (Å²) in [4.78, 5) is 15.3. The lowest BCUT2D eigenvalue weighted by Crippen LogP contribution is -2.22. The first-order chi connectivity index (χ1) is 8.16.